The van der Waals surface area contributed by atoms with Crippen molar-refractivity contribution in [3.05, 3.63) is 0 Å². The molecule has 0 heterocycles. The standard InChI is InChI=1S/C21H51N3Si2/c1-10-18-23(19-11-2)25(14-5,15-6)22(9)26(16-7,17-8)24(20-12-3)21-13-4/h10-21H2,1-9H3. The van der Waals surface area contributed by atoms with Crippen molar-refractivity contribution in [2.75, 3.05) is 33.2 Å². The molecule has 0 amide bonds. The largest absolute Gasteiger partial charge is 0.324 e. The fourth-order valence-corrected chi connectivity index (χ4v) is 19.2. The van der Waals surface area contributed by atoms with Gasteiger partial charge in [-0.2, -0.15) is 0 Å². The molecule has 3 nitrogen and oxygen atoms in total. The molecule has 0 saturated heterocycles. The van der Waals surface area contributed by atoms with Crippen LogP contribution in [0.25, 0.3) is 0 Å². The predicted molar refractivity (Wildman–Crippen MR) is 126 cm³/mol. The third kappa shape index (κ3) is 5.66. The lowest BCUT2D eigenvalue weighted by Gasteiger charge is -2.57. The van der Waals surface area contributed by atoms with Crippen molar-refractivity contribution >= 4 is 16.8 Å². The van der Waals surface area contributed by atoms with Crippen molar-refractivity contribution in [2.24, 2.45) is 0 Å². The van der Waals surface area contributed by atoms with E-state index in [-0.39, 0.29) is 0 Å². The van der Waals surface area contributed by atoms with E-state index in [4.69, 9.17) is 0 Å². The van der Waals surface area contributed by atoms with E-state index in [0.717, 1.165) is 0 Å². The van der Waals surface area contributed by atoms with Crippen molar-refractivity contribution in [3.63, 3.8) is 0 Å². The molecule has 0 aliphatic heterocycles. The Bertz CT molecular complexity index is 300. The minimum absolute atomic E-state index is 1.28. The molecule has 0 atom stereocenters. The summed E-state index contributed by atoms with van der Waals surface area (Å²) < 4.78 is 9.02. The topological polar surface area (TPSA) is 9.72 Å². The van der Waals surface area contributed by atoms with E-state index in [1.54, 1.807) is 0 Å². The van der Waals surface area contributed by atoms with E-state index in [0.29, 0.717) is 0 Å². The Morgan fingerprint density at radius 1 is 0.462 bits per heavy atom. The third-order valence-corrected chi connectivity index (χ3v) is 19.4. The van der Waals surface area contributed by atoms with Crippen LogP contribution in [0.2, 0.25) is 24.2 Å². The molecule has 0 unspecified atom stereocenters. The monoisotopic (exact) mass is 401 g/mol. The summed E-state index contributed by atoms with van der Waals surface area (Å²) in [5, 5.41) is 0. The zero-order valence-corrected chi connectivity index (χ0v) is 21.8. The molecule has 0 radical (unpaired) electrons. The molecule has 0 rings (SSSR count). The first-order valence-corrected chi connectivity index (χ1v) is 16.3. The van der Waals surface area contributed by atoms with Gasteiger partial charge in [0.1, 0.15) is 0 Å². The van der Waals surface area contributed by atoms with Crippen LogP contribution in [0.5, 0.6) is 0 Å². The fourth-order valence-electron chi connectivity index (χ4n) is 5.29. The Hall–Kier alpha value is 0.314. The van der Waals surface area contributed by atoms with Crippen LogP contribution in [0.1, 0.15) is 81.1 Å². The molecule has 0 fully saturated rings. The summed E-state index contributed by atoms with van der Waals surface area (Å²) in [4.78, 5) is 0. The SMILES string of the molecule is CCCN(CCC)[Si](CC)(CC)N(C)[Si](CC)(CC)N(CCC)CCC. The van der Waals surface area contributed by atoms with E-state index in [1.807, 2.05) is 0 Å². The van der Waals surface area contributed by atoms with Gasteiger partial charge in [0, 0.05) is 0 Å². The molecular weight excluding hydrogens is 350 g/mol. The first-order chi connectivity index (χ1) is 12.4. The van der Waals surface area contributed by atoms with Gasteiger partial charge in [-0.1, -0.05) is 55.4 Å². The minimum Gasteiger partial charge on any atom is -0.324 e. The van der Waals surface area contributed by atoms with Crippen LogP contribution in [0, 0.1) is 0 Å². The van der Waals surface area contributed by atoms with Gasteiger partial charge in [-0.15, -0.1) is 0 Å². The van der Waals surface area contributed by atoms with Crippen LogP contribution in [0.3, 0.4) is 0 Å². The lowest BCUT2D eigenvalue weighted by molar-refractivity contribution is 0.343. The highest BCUT2D eigenvalue weighted by atomic mass is 28.4. The third-order valence-electron chi connectivity index (χ3n) is 6.66. The van der Waals surface area contributed by atoms with E-state index < -0.39 is 16.8 Å². The van der Waals surface area contributed by atoms with Gasteiger partial charge in [0.15, 0.2) is 16.8 Å². The van der Waals surface area contributed by atoms with Crippen molar-refractivity contribution in [1.82, 2.24) is 13.4 Å². The second-order valence-electron chi connectivity index (χ2n) is 7.91. The van der Waals surface area contributed by atoms with Crippen molar-refractivity contribution in [2.45, 2.75) is 105 Å². The molecule has 0 bridgehead atoms. The zero-order chi connectivity index (χ0) is 20.2. The Morgan fingerprint density at radius 3 is 0.846 bits per heavy atom. The van der Waals surface area contributed by atoms with Crippen molar-refractivity contribution < 1.29 is 0 Å². The average molecular weight is 402 g/mol. The maximum atomic E-state index is 3.08. The van der Waals surface area contributed by atoms with E-state index in [9.17, 15) is 0 Å². The van der Waals surface area contributed by atoms with Crippen molar-refractivity contribution in [1.29, 1.82) is 0 Å². The van der Waals surface area contributed by atoms with Gasteiger partial charge in [0.25, 0.3) is 0 Å². The van der Waals surface area contributed by atoms with E-state index >= 15 is 0 Å². The number of hydrogen-bond acceptors (Lipinski definition) is 3. The van der Waals surface area contributed by atoms with Gasteiger partial charge < -0.3 is 13.4 Å². The first-order valence-electron chi connectivity index (χ1n) is 11.7. The normalized spacial score (nSPS) is 13.4. The maximum Gasteiger partial charge on any atom is 0.200 e. The summed E-state index contributed by atoms with van der Waals surface area (Å²) in [7, 11) is -0.709. The molecule has 158 valence electrons. The molecule has 0 N–H and O–H groups in total. The predicted octanol–water partition coefficient (Wildman–Crippen LogP) is 6.13. The zero-order valence-electron chi connectivity index (χ0n) is 19.8. The lowest BCUT2D eigenvalue weighted by atomic mass is 10.4. The molecule has 0 aromatic carbocycles. The summed E-state index contributed by atoms with van der Waals surface area (Å²) in [6.45, 7) is 24.5. The summed E-state index contributed by atoms with van der Waals surface area (Å²) in [6.07, 6.45) is 5.12. The molecule has 0 aliphatic rings. The molecule has 0 spiro atoms. The highest BCUT2D eigenvalue weighted by Crippen LogP contribution is 2.34. The molecule has 0 aliphatic carbocycles. The smallest absolute Gasteiger partial charge is 0.200 e. The second kappa shape index (κ2) is 13.5. The van der Waals surface area contributed by atoms with Gasteiger partial charge in [-0.3, -0.25) is 0 Å². The fraction of sp³-hybridized carbons (Fsp3) is 1.00. The van der Waals surface area contributed by atoms with Gasteiger partial charge >= 0.3 is 0 Å². The Balaban J connectivity index is 6.16. The summed E-state index contributed by atoms with van der Waals surface area (Å²) >= 11 is 0. The van der Waals surface area contributed by atoms with Gasteiger partial charge in [0.05, 0.1) is 0 Å². The van der Waals surface area contributed by atoms with Gasteiger partial charge in [-0.25, -0.2) is 0 Å². The summed E-state index contributed by atoms with van der Waals surface area (Å²) in [5.41, 5.74) is 0. The van der Waals surface area contributed by atoms with E-state index in [1.165, 1.54) is 76.0 Å². The lowest BCUT2D eigenvalue weighted by Crippen LogP contribution is -2.76. The summed E-state index contributed by atoms with van der Waals surface area (Å²) in [6, 6.07) is 5.45. The molecule has 26 heavy (non-hydrogen) atoms. The van der Waals surface area contributed by atoms with Crippen LogP contribution in [-0.2, 0) is 0 Å². The molecule has 0 aromatic rings. The highest BCUT2D eigenvalue weighted by Gasteiger charge is 2.51. The quantitative estimate of drug-likeness (QED) is 0.288. The van der Waals surface area contributed by atoms with Crippen molar-refractivity contribution in [3.8, 4) is 0 Å². The molecular formula is C21H51N3Si2. The molecule has 0 aromatic heterocycles. The first kappa shape index (κ1) is 26.3. The second-order valence-corrected chi connectivity index (χ2v) is 17.7. The Labute approximate surface area is 168 Å². The van der Waals surface area contributed by atoms with Crippen LogP contribution in [0.15, 0.2) is 0 Å². The van der Waals surface area contributed by atoms with Gasteiger partial charge in [0.2, 0.25) is 0 Å². The maximum absolute atomic E-state index is 3.08. The van der Waals surface area contributed by atoms with E-state index in [2.05, 4.69) is 75.8 Å². The van der Waals surface area contributed by atoms with Crippen LogP contribution in [-0.4, -0.2) is 63.4 Å². The highest BCUT2D eigenvalue weighted by molar-refractivity contribution is 6.90. The van der Waals surface area contributed by atoms with Crippen LogP contribution < -0.4 is 0 Å². The average Bonchev–Trinajstić information content (AvgIpc) is 2.65. The van der Waals surface area contributed by atoms with Crippen LogP contribution >= 0.6 is 0 Å². The summed E-state index contributed by atoms with van der Waals surface area (Å²) in [5.74, 6) is 0. The Morgan fingerprint density at radius 2 is 0.692 bits per heavy atom. The number of rotatable bonds is 16. The molecule has 0 saturated carbocycles. The van der Waals surface area contributed by atoms with Gasteiger partial charge in [-0.05, 0) is 83.1 Å². The number of hydrogen-bond donors (Lipinski definition) is 0. The molecule has 5 heteroatoms. The minimum atomic E-state index is -1.63. The Kier molecular flexibility index (Phi) is 13.6. The van der Waals surface area contributed by atoms with Crippen LogP contribution in [0.4, 0.5) is 0 Å². The number of nitrogens with zero attached hydrogens (tertiary/aromatic N) is 3.